The second kappa shape index (κ2) is 7.62. The van der Waals surface area contributed by atoms with E-state index in [1.54, 1.807) is 0 Å². The Bertz CT molecular complexity index is 720. The first-order chi connectivity index (χ1) is 11.7. The fourth-order valence-electron chi connectivity index (χ4n) is 2.25. The summed E-state index contributed by atoms with van der Waals surface area (Å²) in [5.74, 6) is -4.24. The maximum Gasteiger partial charge on any atom is 0.339 e. The van der Waals surface area contributed by atoms with Crippen molar-refractivity contribution in [3.63, 3.8) is 0 Å². The fraction of sp³-hybridized carbons (Fsp3) is 0.400. The Labute approximate surface area is 146 Å². The molecule has 0 bridgehead atoms. The third kappa shape index (κ3) is 4.15. The van der Waals surface area contributed by atoms with Gasteiger partial charge in [-0.1, -0.05) is 0 Å². The van der Waals surface area contributed by atoms with Gasteiger partial charge < -0.3 is 35.3 Å². The standard InChI is InChI=1S/C15H17NO8S/c1-6-9(17)2-10(18)7-4-25-5-8(14(21)22)16-13(20)11(19)3-24-15(23)12(6)7/h2,8,11,17-19H,3-5H2,1H3,(H,16,20)(H,21,22)/p-1/t8-,11-/m0/s1. The highest BCUT2D eigenvalue weighted by molar-refractivity contribution is 7.98. The first-order valence-electron chi connectivity index (χ1n) is 7.21. The number of phenols is 2. The van der Waals surface area contributed by atoms with Crippen LogP contribution in [0.5, 0.6) is 11.5 Å². The summed E-state index contributed by atoms with van der Waals surface area (Å²) in [4.78, 5) is 35.1. The van der Waals surface area contributed by atoms with Gasteiger partial charge in [0.1, 0.15) is 18.1 Å². The Morgan fingerprint density at radius 2 is 2.04 bits per heavy atom. The van der Waals surface area contributed by atoms with Crippen LogP contribution in [-0.2, 0) is 20.1 Å². The number of amides is 1. The minimum Gasteiger partial charge on any atom is -0.548 e. The van der Waals surface area contributed by atoms with Crippen LogP contribution in [0.15, 0.2) is 6.07 Å². The number of esters is 1. The van der Waals surface area contributed by atoms with Crippen molar-refractivity contribution in [3.05, 3.63) is 22.8 Å². The lowest BCUT2D eigenvalue weighted by Crippen LogP contribution is -2.52. The van der Waals surface area contributed by atoms with Gasteiger partial charge in [-0.05, 0) is 6.92 Å². The predicted molar refractivity (Wildman–Crippen MR) is 83.9 cm³/mol. The molecule has 25 heavy (non-hydrogen) atoms. The van der Waals surface area contributed by atoms with Crippen LogP contribution in [0.4, 0.5) is 0 Å². The highest BCUT2D eigenvalue weighted by Crippen LogP contribution is 2.35. The van der Waals surface area contributed by atoms with E-state index in [0.717, 1.165) is 17.8 Å². The summed E-state index contributed by atoms with van der Waals surface area (Å²) in [5.41, 5.74) is 0.220. The Morgan fingerprint density at radius 1 is 1.36 bits per heavy atom. The smallest absolute Gasteiger partial charge is 0.339 e. The summed E-state index contributed by atoms with van der Waals surface area (Å²) in [7, 11) is 0. The molecule has 0 aliphatic carbocycles. The number of aliphatic hydroxyl groups excluding tert-OH is 1. The van der Waals surface area contributed by atoms with Gasteiger partial charge in [0.25, 0.3) is 5.91 Å². The molecule has 10 heteroatoms. The van der Waals surface area contributed by atoms with Crippen molar-refractivity contribution >= 4 is 29.6 Å². The molecule has 0 fully saturated rings. The average Bonchev–Trinajstić information content (AvgIpc) is 2.54. The minimum absolute atomic E-state index is 0.0274. The number of aromatic hydroxyl groups is 2. The minimum atomic E-state index is -1.77. The third-order valence-electron chi connectivity index (χ3n) is 3.65. The second-order valence-corrected chi connectivity index (χ2v) is 6.43. The molecule has 9 nitrogen and oxygen atoms in total. The number of carboxylic acids is 1. The van der Waals surface area contributed by atoms with E-state index in [0.29, 0.717) is 0 Å². The molecule has 0 saturated heterocycles. The number of aliphatic carboxylic acids is 1. The number of nitrogens with one attached hydrogen (secondary N) is 1. The van der Waals surface area contributed by atoms with Gasteiger partial charge in [-0.3, -0.25) is 4.79 Å². The van der Waals surface area contributed by atoms with Crippen molar-refractivity contribution in [2.75, 3.05) is 12.4 Å². The molecular formula is C15H16NO8S-. The Kier molecular flexibility index (Phi) is 5.75. The van der Waals surface area contributed by atoms with E-state index in [9.17, 15) is 34.8 Å². The van der Waals surface area contributed by atoms with Crippen molar-refractivity contribution < 1.29 is 39.5 Å². The zero-order valence-corrected chi connectivity index (χ0v) is 14.0. The maximum atomic E-state index is 12.3. The number of carbonyl (C=O) groups is 3. The highest BCUT2D eigenvalue weighted by atomic mass is 32.2. The van der Waals surface area contributed by atoms with Gasteiger partial charge in [0.2, 0.25) is 0 Å². The lowest BCUT2D eigenvalue weighted by atomic mass is 10.0. The lowest BCUT2D eigenvalue weighted by molar-refractivity contribution is -0.307. The van der Waals surface area contributed by atoms with E-state index in [4.69, 9.17) is 4.74 Å². The summed E-state index contributed by atoms with van der Waals surface area (Å²) in [5, 5.41) is 42.7. The van der Waals surface area contributed by atoms with Crippen LogP contribution in [0.25, 0.3) is 0 Å². The summed E-state index contributed by atoms with van der Waals surface area (Å²) in [6.45, 7) is 0.728. The number of carbonyl (C=O) groups excluding carboxylic acids is 3. The molecule has 0 radical (unpaired) electrons. The number of hydrogen-bond donors (Lipinski definition) is 4. The number of thioether (sulfide) groups is 1. The van der Waals surface area contributed by atoms with Crippen LogP contribution in [0.1, 0.15) is 21.5 Å². The van der Waals surface area contributed by atoms with E-state index >= 15 is 0 Å². The van der Waals surface area contributed by atoms with Gasteiger partial charge in [-0.15, -0.1) is 0 Å². The summed E-state index contributed by atoms with van der Waals surface area (Å²) in [6, 6.07) is -0.299. The molecule has 1 aliphatic rings. The molecule has 2 atom stereocenters. The molecule has 1 aliphatic heterocycles. The molecule has 1 aromatic carbocycles. The number of rotatable bonds is 1. The molecule has 1 heterocycles. The molecule has 1 aromatic rings. The first kappa shape index (κ1) is 18.9. The van der Waals surface area contributed by atoms with E-state index in [2.05, 4.69) is 5.32 Å². The molecule has 0 saturated carbocycles. The average molecular weight is 370 g/mol. The van der Waals surface area contributed by atoms with E-state index in [1.165, 1.54) is 6.92 Å². The largest absolute Gasteiger partial charge is 0.548 e. The van der Waals surface area contributed by atoms with Crippen LogP contribution in [-0.4, -0.2) is 57.7 Å². The SMILES string of the molecule is Cc1c(O)cc(O)c2c1C(=O)OC[C@H](O)C(=O)N[C@H](C(=O)[O-])CSC2. The topological polar surface area (TPSA) is 156 Å². The molecule has 1 amide bonds. The maximum absolute atomic E-state index is 12.3. The Hall–Kier alpha value is -2.46. The monoisotopic (exact) mass is 370 g/mol. The van der Waals surface area contributed by atoms with Crippen molar-refractivity contribution in [2.45, 2.75) is 24.8 Å². The molecule has 0 unspecified atom stereocenters. The highest BCUT2D eigenvalue weighted by Gasteiger charge is 2.27. The van der Waals surface area contributed by atoms with E-state index in [-0.39, 0.29) is 39.7 Å². The fourth-order valence-corrected chi connectivity index (χ4v) is 3.32. The number of ether oxygens (including phenoxy) is 1. The van der Waals surface area contributed by atoms with Crippen LogP contribution in [0.3, 0.4) is 0 Å². The molecule has 0 aromatic heterocycles. The molecular weight excluding hydrogens is 354 g/mol. The van der Waals surface area contributed by atoms with E-state index < -0.39 is 36.6 Å². The van der Waals surface area contributed by atoms with Gasteiger partial charge in [0.05, 0.1) is 17.6 Å². The van der Waals surface area contributed by atoms with Crippen LogP contribution in [0.2, 0.25) is 0 Å². The van der Waals surface area contributed by atoms with Gasteiger partial charge in [-0.2, -0.15) is 11.8 Å². The Balaban J connectivity index is 2.43. The van der Waals surface area contributed by atoms with Crippen molar-refractivity contribution in [2.24, 2.45) is 0 Å². The zero-order chi connectivity index (χ0) is 18.7. The molecule has 2 rings (SSSR count). The van der Waals surface area contributed by atoms with Crippen molar-refractivity contribution in [3.8, 4) is 11.5 Å². The first-order valence-corrected chi connectivity index (χ1v) is 8.36. The number of cyclic esters (lactones) is 1. The van der Waals surface area contributed by atoms with Gasteiger partial charge >= 0.3 is 5.97 Å². The predicted octanol–water partition coefficient (Wildman–Crippen LogP) is -1.59. The molecule has 4 N–H and O–H groups in total. The van der Waals surface area contributed by atoms with Crippen molar-refractivity contribution in [1.29, 1.82) is 0 Å². The van der Waals surface area contributed by atoms with E-state index in [1.807, 2.05) is 0 Å². The quantitative estimate of drug-likeness (QED) is 0.428. The Morgan fingerprint density at radius 3 is 2.68 bits per heavy atom. The molecule has 136 valence electrons. The zero-order valence-electron chi connectivity index (χ0n) is 13.1. The van der Waals surface area contributed by atoms with Crippen LogP contribution < -0.4 is 10.4 Å². The number of fused-ring (bicyclic) bond motifs is 1. The van der Waals surface area contributed by atoms with Crippen LogP contribution >= 0.6 is 11.8 Å². The van der Waals surface area contributed by atoms with Gasteiger partial charge in [0, 0.05) is 28.7 Å². The lowest BCUT2D eigenvalue weighted by Gasteiger charge is -2.23. The number of hydrogen-bond acceptors (Lipinski definition) is 9. The number of phenolic OH excluding ortho intramolecular Hbond substituents is 2. The van der Waals surface area contributed by atoms with Crippen molar-refractivity contribution in [1.82, 2.24) is 5.32 Å². The normalized spacial score (nSPS) is 22.0. The van der Waals surface area contributed by atoms with Gasteiger partial charge in [0.15, 0.2) is 6.10 Å². The van der Waals surface area contributed by atoms with Crippen LogP contribution in [0, 0.1) is 6.92 Å². The third-order valence-corrected chi connectivity index (χ3v) is 4.72. The number of benzene rings is 1. The summed E-state index contributed by atoms with van der Waals surface area (Å²) < 4.78 is 4.87. The summed E-state index contributed by atoms with van der Waals surface area (Å²) in [6.07, 6.45) is -1.77. The number of aliphatic hydroxyl groups is 1. The number of carboxylic acid groups (broad SMARTS) is 1. The van der Waals surface area contributed by atoms with Gasteiger partial charge in [-0.25, -0.2) is 4.79 Å². The second-order valence-electron chi connectivity index (χ2n) is 5.40. The summed E-state index contributed by atoms with van der Waals surface area (Å²) >= 11 is 1.01. The molecule has 0 spiro atoms.